The molecule has 4 heteroatoms. The first kappa shape index (κ1) is 11.8. The number of halogens is 2. The first-order valence-corrected chi connectivity index (χ1v) is 4.24. The molecule has 0 aliphatic carbocycles. The molecule has 0 saturated heterocycles. The van der Waals surface area contributed by atoms with Crippen LogP contribution in [0.4, 0.5) is 8.78 Å². The van der Waals surface area contributed by atoms with E-state index in [-0.39, 0.29) is 19.2 Å². The summed E-state index contributed by atoms with van der Waals surface area (Å²) in [4.78, 5) is 1.60. The number of rotatable bonds is 6. The number of aliphatic hydroxyl groups excluding tert-OH is 1. The van der Waals surface area contributed by atoms with Crippen molar-refractivity contribution in [2.45, 2.75) is 32.7 Å². The van der Waals surface area contributed by atoms with Crippen LogP contribution in [0.15, 0.2) is 0 Å². The van der Waals surface area contributed by atoms with Crippen LogP contribution in [0.5, 0.6) is 0 Å². The first-order valence-electron chi connectivity index (χ1n) is 4.24. The quantitative estimate of drug-likeness (QED) is 0.668. The fourth-order valence-electron chi connectivity index (χ4n) is 1.06. The van der Waals surface area contributed by atoms with Crippen LogP contribution in [-0.4, -0.2) is 42.2 Å². The van der Waals surface area contributed by atoms with Gasteiger partial charge in [-0.1, -0.05) is 6.92 Å². The van der Waals surface area contributed by atoms with E-state index in [4.69, 9.17) is 5.11 Å². The van der Waals surface area contributed by atoms with Crippen molar-refractivity contribution in [1.82, 2.24) is 4.90 Å². The lowest BCUT2D eigenvalue weighted by Crippen LogP contribution is -2.38. The van der Waals surface area contributed by atoms with Crippen LogP contribution >= 0.6 is 0 Å². The molecule has 1 N–H and O–H groups in total. The summed E-state index contributed by atoms with van der Waals surface area (Å²) in [5.74, 6) is 0. The minimum atomic E-state index is -2.31. The highest BCUT2D eigenvalue weighted by atomic mass is 19.3. The predicted octanol–water partition coefficient (Wildman–Crippen LogP) is 1.34. The van der Waals surface area contributed by atoms with Crippen LogP contribution in [0.1, 0.15) is 20.3 Å². The van der Waals surface area contributed by atoms with Gasteiger partial charge >= 0.3 is 0 Å². The molecule has 1 atom stereocenters. The Morgan fingerprint density at radius 3 is 2.33 bits per heavy atom. The second kappa shape index (κ2) is 6.31. The minimum Gasteiger partial charge on any atom is -0.395 e. The molecular weight excluding hydrogens is 164 g/mol. The van der Waals surface area contributed by atoms with Crippen molar-refractivity contribution in [1.29, 1.82) is 0 Å². The molecule has 0 heterocycles. The molecule has 2 nitrogen and oxygen atoms in total. The Bertz CT molecular complexity index is 111. The van der Waals surface area contributed by atoms with Gasteiger partial charge in [0, 0.05) is 12.6 Å². The highest BCUT2D eigenvalue weighted by molar-refractivity contribution is 4.66. The van der Waals surface area contributed by atoms with Crippen LogP contribution in [-0.2, 0) is 0 Å². The number of aliphatic hydroxyl groups is 1. The van der Waals surface area contributed by atoms with Gasteiger partial charge in [-0.05, 0) is 13.3 Å². The maximum Gasteiger partial charge on any atom is 0.251 e. The summed E-state index contributed by atoms with van der Waals surface area (Å²) in [6.07, 6.45) is -1.49. The van der Waals surface area contributed by atoms with Gasteiger partial charge in [-0.3, -0.25) is 4.90 Å². The monoisotopic (exact) mass is 181 g/mol. The SMILES string of the molecule is CCC(C)N(CCO)CC(F)F. The fourth-order valence-corrected chi connectivity index (χ4v) is 1.06. The van der Waals surface area contributed by atoms with Crippen molar-refractivity contribution < 1.29 is 13.9 Å². The van der Waals surface area contributed by atoms with E-state index in [2.05, 4.69) is 0 Å². The summed E-state index contributed by atoms with van der Waals surface area (Å²) in [6, 6.07) is 0.117. The fraction of sp³-hybridized carbons (Fsp3) is 1.00. The van der Waals surface area contributed by atoms with Crippen LogP contribution in [0, 0.1) is 0 Å². The molecule has 0 rings (SSSR count). The zero-order valence-corrected chi connectivity index (χ0v) is 7.63. The molecule has 0 aromatic rings. The maximum absolute atomic E-state index is 12.0. The molecular formula is C8H17F2NO. The molecule has 0 aliphatic heterocycles. The Kier molecular flexibility index (Phi) is 6.20. The number of hydrogen-bond donors (Lipinski definition) is 1. The van der Waals surface area contributed by atoms with Gasteiger partial charge in [0.1, 0.15) is 0 Å². The van der Waals surface area contributed by atoms with Gasteiger partial charge in [-0.2, -0.15) is 0 Å². The van der Waals surface area contributed by atoms with E-state index in [1.165, 1.54) is 0 Å². The molecule has 0 saturated carbocycles. The predicted molar refractivity (Wildman–Crippen MR) is 44.4 cm³/mol. The van der Waals surface area contributed by atoms with Crippen molar-refractivity contribution in [3.05, 3.63) is 0 Å². The van der Waals surface area contributed by atoms with Crippen LogP contribution in [0.25, 0.3) is 0 Å². The lowest BCUT2D eigenvalue weighted by molar-refractivity contribution is 0.0578. The summed E-state index contributed by atoms with van der Waals surface area (Å²) in [5.41, 5.74) is 0. The molecule has 1 unspecified atom stereocenters. The van der Waals surface area contributed by atoms with E-state index in [9.17, 15) is 8.78 Å². The average molecular weight is 181 g/mol. The summed E-state index contributed by atoms with van der Waals surface area (Å²) in [5, 5.41) is 8.61. The maximum atomic E-state index is 12.0. The summed E-state index contributed by atoms with van der Waals surface area (Å²) in [7, 11) is 0. The Hall–Kier alpha value is -0.220. The molecule has 0 bridgehead atoms. The van der Waals surface area contributed by atoms with Crippen molar-refractivity contribution in [3.63, 3.8) is 0 Å². The van der Waals surface area contributed by atoms with Crippen LogP contribution in [0.3, 0.4) is 0 Å². The molecule has 74 valence electrons. The standard InChI is InChI=1S/C8H17F2NO/c1-3-7(2)11(4-5-12)6-8(9)10/h7-8,12H,3-6H2,1-2H3. The Balaban J connectivity index is 3.84. The Morgan fingerprint density at radius 1 is 1.42 bits per heavy atom. The normalized spacial score (nSPS) is 14.2. The third kappa shape index (κ3) is 4.62. The van der Waals surface area contributed by atoms with Gasteiger partial charge < -0.3 is 5.11 Å². The van der Waals surface area contributed by atoms with Crippen molar-refractivity contribution >= 4 is 0 Å². The minimum absolute atomic E-state index is 0.0585. The van der Waals surface area contributed by atoms with Gasteiger partial charge in [0.05, 0.1) is 13.2 Å². The molecule has 0 amide bonds. The zero-order chi connectivity index (χ0) is 9.56. The van der Waals surface area contributed by atoms with Crippen molar-refractivity contribution in [2.75, 3.05) is 19.7 Å². The molecule has 0 aliphatic rings. The van der Waals surface area contributed by atoms with E-state index in [0.29, 0.717) is 6.54 Å². The van der Waals surface area contributed by atoms with E-state index >= 15 is 0 Å². The lowest BCUT2D eigenvalue weighted by Gasteiger charge is -2.26. The number of hydrogen-bond acceptors (Lipinski definition) is 2. The molecule has 12 heavy (non-hydrogen) atoms. The molecule has 0 aromatic carbocycles. The average Bonchev–Trinajstić information content (AvgIpc) is 2.01. The highest BCUT2D eigenvalue weighted by Gasteiger charge is 2.15. The van der Waals surface area contributed by atoms with Gasteiger partial charge in [-0.15, -0.1) is 0 Å². The Labute approximate surface area is 72.2 Å². The third-order valence-corrected chi connectivity index (χ3v) is 1.97. The molecule has 0 radical (unpaired) electrons. The second-order valence-corrected chi connectivity index (χ2v) is 2.87. The highest BCUT2D eigenvalue weighted by Crippen LogP contribution is 2.06. The Morgan fingerprint density at radius 2 is 2.00 bits per heavy atom. The van der Waals surface area contributed by atoms with Gasteiger partial charge in [0.15, 0.2) is 0 Å². The van der Waals surface area contributed by atoms with Crippen molar-refractivity contribution in [2.24, 2.45) is 0 Å². The number of alkyl halides is 2. The molecule has 0 spiro atoms. The number of nitrogens with zero attached hydrogens (tertiary/aromatic N) is 1. The molecule has 0 fully saturated rings. The van der Waals surface area contributed by atoms with Crippen LogP contribution < -0.4 is 0 Å². The second-order valence-electron chi connectivity index (χ2n) is 2.87. The first-order chi connectivity index (χ1) is 5.61. The van der Waals surface area contributed by atoms with Crippen LogP contribution in [0.2, 0.25) is 0 Å². The van der Waals surface area contributed by atoms with E-state index < -0.39 is 6.43 Å². The summed E-state index contributed by atoms with van der Waals surface area (Å²) < 4.78 is 24.0. The van der Waals surface area contributed by atoms with Gasteiger partial charge in [0.2, 0.25) is 0 Å². The van der Waals surface area contributed by atoms with E-state index in [1.807, 2.05) is 13.8 Å². The van der Waals surface area contributed by atoms with Gasteiger partial charge in [-0.25, -0.2) is 8.78 Å². The summed E-state index contributed by atoms with van der Waals surface area (Å²) in [6.45, 7) is 3.87. The third-order valence-electron chi connectivity index (χ3n) is 1.97. The smallest absolute Gasteiger partial charge is 0.251 e. The summed E-state index contributed by atoms with van der Waals surface area (Å²) >= 11 is 0. The largest absolute Gasteiger partial charge is 0.395 e. The zero-order valence-electron chi connectivity index (χ0n) is 7.63. The van der Waals surface area contributed by atoms with Crippen molar-refractivity contribution in [3.8, 4) is 0 Å². The van der Waals surface area contributed by atoms with E-state index in [1.54, 1.807) is 4.90 Å². The van der Waals surface area contributed by atoms with E-state index in [0.717, 1.165) is 6.42 Å². The topological polar surface area (TPSA) is 23.5 Å². The lowest BCUT2D eigenvalue weighted by atomic mass is 10.2. The molecule has 0 aromatic heterocycles. The van der Waals surface area contributed by atoms with Gasteiger partial charge in [0.25, 0.3) is 6.43 Å².